The predicted molar refractivity (Wildman–Crippen MR) is 77.9 cm³/mol. The lowest BCUT2D eigenvalue weighted by Gasteiger charge is -2.44. The molecule has 3 fully saturated rings. The van der Waals surface area contributed by atoms with E-state index < -0.39 is 5.54 Å². The van der Waals surface area contributed by atoms with Crippen LogP contribution >= 0.6 is 0 Å². The van der Waals surface area contributed by atoms with Crippen molar-refractivity contribution in [3.8, 4) is 0 Å². The van der Waals surface area contributed by atoms with Crippen molar-refractivity contribution in [2.45, 2.75) is 57.2 Å². The molecule has 0 aromatic heterocycles. The number of carbonyl (C=O) groups excluding carboxylic acids is 2. The second-order valence-corrected chi connectivity index (χ2v) is 6.81. The topological polar surface area (TPSA) is 61.9 Å². The van der Waals surface area contributed by atoms with Crippen LogP contribution in [-0.2, 0) is 9.53 Å². The fourth-order valence-electron chi connectivity index (χ4n) is 3.70. The van der Waals surface area contributed by atoms with Crippen LogP contribution < -0.4 is 5.32 Å². The summed E-state index contributed by atoms with van der Waals surface area (Å²) in [7, 11) is 0. The van der Waals surface area contributed by atoms with Gasteiger partial charge in [0.05, 0.1) is 12.7 Å². The first-order chi connectivity index (χ1) is 9.99. The van der Waals surface area contributed by atoms with Crippen molar-refractivity contribution < 1.29 is 14.3 Å². The average Bonchev–Trinajstić information content (AvgIpc) is 2.65. The van der Waals surface area contributed by atoms with E-state index in [9.17, 15) is 9.59 Å². The van der Waals surface area contributed by atoms with Crippen LogP contribution in [0, 0.1) is 0 Å². The largest absolute Gasteiger partial charge is 0.375 e. The lowest BCUT2D eigenvalue weighted by molar-refractivity contribution is -0.131. The summed E-state index contributed by atoms with van der Waals surface area (Å²) in [4.78, 5) is 27.9. The van der Waals surface area contributed by atoms with Crippen molar-refractivity contribution in [1.29, 1.82) is 0 Å². The molecule has 2 heterocycles. The SMILES string of the molecule is CC1(C)NC(=O)N(CCN2CCO[C@@H]3CCCC[C@@H]32)C1=O. The first kappa shape index (κ1) is 14.8. The van der Waals surface area contributed by atoms with E-state index in [1.54, 1.807) is 13.8 Å². The minimum atomic E-state index is -0.768. The van der Waals surface area contributed by atoms with Crippen molar-refractivity contribution in [3.63, 3.8) is 0 Å². The van der Waals surface area contributed by atoms with E-state index in [0.717, 1.165) is 32.5 Å². The third kappa shape index (κ3) is 2.79. The number of nitrogens with zero attached hydrogens (tertiary/aromatic N) is 2. The van der Waals surface area contributed by atoms with Gasteiger partial charge in [0.25, 0.3) is 5.91 Å². The van der Waals surface area contributed by atoms with Crippen LogP contribution in [-0.4, -0.2) is 65.7 Å². The van der Waals surface area contributed by atoms with E-state index >= 15 is 0 Å². The molecule has 1 saturated carbocycles. The molecule has 0 radical (unpaired) electrons. The molecule has 1 aliphatic carbocycles. The van der Waals surface area contributed by atoms with Gasteiger partial charge in [-0.05, 0) is 26.7 Å². The zero-order chi connectivity index (χ0) is 15.0. The summed E-state index contributed by atoms with van der Waals surface area (Å²) in [5.74, 6) is -0.124. The van der Waals surface area contributed by atoms with E-state index in [-0.39, 0.29) is 11.9 Å². The molecule has 2 saturated heterocycles. The molecule has 3 rings (SSSR count). The molecule has 21 heavy (non-hydrogen) atoms. The number of hydrogen-bond acceptors (Lipinski definition) is 4. The molecular formula is C15H25N3O3. The van der Waals surface area contributed by atoms with Gasteiger partial charge in [-0.1, -0.05) is 12.8 Å². The third-order valence-corrected chi connectivity index (χ3v) is 4.90. The summed E-state index contributed by atoms with van der Waals surface area (Å²) in [5.41, 5.74) is -0.768. The molecule has 0 aromatic rings. The van der Waals surface area contributed by atoms with Crippen LogP contribution in [0.25, 0.3) is 0 Å². The summed E-state index contributed by atoms with van der Waals surface area (Å²) in [5, 5.41) is 2.73. The summed E-state index contributed by atoms with van der Waals surface area (Å²) < 4.78 is 5.86. The van der Waals surface area contributed by atoms with Crippen LogP contribution in [0.3, 0.4) is 0 Å². The minimum absolute atomic E-state index is 0.124. The molecule has 6 heteroatoms. The highest BCUT2D eigenvalue weighted by Crippen LogP contribution is 2.28. The van der Waals surface area contributed by atoms with Gasteiger partial charge in [-0.15, -0.1) is 0 Å². The number of ether oxygens (including phenoxy) is 1. The zero-order valence-electron chi connectivity index (χ0n) is 12.9. The highest BCUT2D eigenvalue weighted by molar-refractivity contribution is 6.06. The Kier molecular flexibility index (Phi) is 3.92. The minimum Gasteiger partial charge on any atom is -0.375 e. The van der Waals surface area contributed by atoms with Gasteiger partial charge in [0, 0.05) is 25.7 Å². The van der Waals surface area contributed by atoms with Crippen LogP contribution in [0.1, 0.15) is 39.5 Å². The number of imide groups is 1. The monoisotopic (exact) mass is 295 g/mol. The fourth-order valence-corrected chi connectivity index (χ4v) is 3.70. The predicted octanol–water partition coefficient (Wildman–Crippen LogP) is 0.960. The molecule has 0 unspecified atom stereocenters. The molecule has 0 aromatic carbocycles. The van der Waals surface area contributed by atoms with E-state index in [1.165, 1.54) is 17.7 Å². The Morgan fingerprint density at radius 3 is 2.71 bits per heavy atom. The Labute approximate surface area is 125 Å². The summed E-state index contributed by atoms with van der Waals surface area (Å²) >= 11 is 0. The highest BCUT2D eigenvalue weighted by Gasteiger charge is 2.44. The highest BCUT2D eigenvalue weighted by atomic mass is 16.5. The van der Waals surface area contributed by atoms with Gasteiger partial charge >= 0.3 is 6.03 Å². The maximum absolute atomic E-state index is 12.2. The number of amides is 3. The van der Waals surface area contributed by atoms with Gasteiger partial charge in [-0.2, -0.15) is 0 Å². The Hall–Kier alpha value is -1.14. The smallest absolute Gasteiger partial charge is 0.325 e. The van der Waals surface area contributed by atoms with Crippen molar-refractivity contribution in [2.75, 3.05) is 26.2 Å². The van der Waals surface area contributed by atoms with Gasteiger partial charge in [-0.3, -0.25) is 14.6 Å². The molecule has 1 N–H and O–H groups in total. The zero-order valence-corrected chi connectivity index (χ0v) is 12.9. The average molecular weight is 295 g/mol. The normalized spacial score (nSPS) is 33.0. The maximum Gasteiger partial charge on any atom is 0.325 e. The van der Waals surface area contributed by atoms with Gasteiger partial charge < -0.3 is 10.1 Å². The van der Waals surface area contributed by atoms with Crippen LogP contribution in [0.5, 0.6) is 0 Å². The number of carbonyl (C=O) groups is 2. The second-order valence-electron chi connectivity index (χ2n) is 6.81. The molecule has 3 amide bonds. The number of nitrogens with one attached hydrogen (secondary N) is 1. The summed E-state index contributed by atoms with van der Waals surface area (Å²) in [6.07, 6.45) is 5.13. The van der Waals surface area contributed by atoms with Crippen LogP contribution in [0.2, 0.25) is 0 Å². The lowest BCUT2D eigenvalue weighted by atomic mass is 9.90. The summed E-state index contributed by atoms with van der Waals surface area (Å²) in [6.45, 7) is 6.37. The second kappa shape index (κ2) is 5.57. The summed E-state index contributed by atoms with van der Waals surface area (Å²) in [6, 6.07) is 0.194. The van der Waals surface area contributed by atoms with E-state index in [2.05, 4.69) is 10.2 Å². The Morgan fingerprint density at radius 2 is 2.00 bits per heavy atom. The van der Waals surface area contributed by atoms with Gasteiger partial charge in [-0.25, -0.2) is 4.79 Å². The lowest BCUT2D eigenvalue weighted by Crippen LogP contribution is -2.54. The molecule has 6 nitrogen and oxygen atoms in total. The molecule has 3 aliphatic rings. The number of urea groups is 1. The van der Waals surface area contributed by atoms with Gasteiger partial charge in [0.2, 0.25) is 0 Å². The first-order valence-electron chi connectivity index (χ1n) is 7.99. The number of hydrogen-bond donors (Lipinski definition) is 1. The van der Waals surface area contributed by atoms with Crippen LogP contribution in [0.15, 0.2) is 0 Å². The van der Waals surface area contributed by atoms with E-state index in [1.807, 2.05) is 0 Å². The molecule has 118 valence electrons. The molecule has 0 bridgehead atoms. The number of rotatable bonds is 3. The van der Waals surface area contributed by atoms with E-state index in [0.29, 0.717) is 18.7 Å². The van der Waals surface area contributed by atoms with Crippen molar-refractivity contribution in [3.05, 3.63) is 0 Å². The first-order valence-corrected chi connectivity index (χ1v) is 7.99. The Morgan fingerprint density at radius 1 is 1.24 bits per heavy atom. The van der Waals surface area contributed by atoms with Crippen molar-refractivity contribution in [2.24, 2.45) is 0 Å². The van der Waals surface area contributed by atoms with Crippen molar-refractivity contribution in [1.82, 2.24) is 15.1 Å². The van der Waals surface area contributed by atoms with E-state index in [4.69, 9.17) is 4.74 Å². The molecular weight excluding hydrogens is 270 g/mol. The van der Waals surface area contributed by atoms with Gasteiger partial charge in [0.1, 0.15) is 5.54 Å². The fraction of sp³-hybridized carbons (Fsp3) is 0.867. The Bertz CT molecular complexity index is 436. The van der Waals surface area contributed by atoms with Crippen LogP contribution in [0.4, 0.5) is 4.79 Å². The van der Waals surface area contributed by atoms with Gasteiger partial charge in [0.15, 0.2) is 0 Å². The third-order valence-electron chi connectivity index (χ3n) is 4.90. The number of fused-ring (bicyclic) bond motifs is 1. The number of morpholine rings is 1. The quantitative estimate of drug-likeness (QED) is 0.788. The standard InChI is InChI=1S/C15H25N3O3/c1-15(2)13(19)18(14(20)16-15)8-7-17-9-10-21-12-6-4-3-5-11(12)17/h11-12H,3-10H2,1-2H3,(H,16,20)/t11-,12+/m0/s1. The molecule has 2 atom stereocenters. The maximum atomic E-state index is 12.2. The van der Waals surface area contributed by atoms with Crippen molar-refractivity contribution >= 4 is 11.9 Å². The molecule has 0 spiro atoms. The molecule has 2 aliphatic heterocycles. The Balaban J connectivity index is 1.59.